The molecule has 8 heteroatoms. The van der Waals surface area contributed by atoms with Crippen LogP contribution in [0.3, 0.4) is 0 Å². The van der Waals surface area contributed by atoms with E-state index in [-0.39, 0.29) is 11.5 Å². The van der Waals surface area contributed by atoms with Crippen LogP contribution in [0.4, 0.5) is 11.4 Å². The molecule has 0 N–H and O–H groups in total. The largest absolute Gasteiger partial charge is 0.478 e. The smallest absolute Gasteiger partial charge is 0.277 e. The summed E-state index contributed by atoms with van der Waals surface area (Å²) in [6.45, 7) is 0. The number of carbonyl (C=O) groups is 3. The predicted octanol–water partition coefficient (Wildman–Crippen LogP) is 3.41. The van der Waals surface area contributed by atoms with Crippen molar-refractivity contribution in [1.29, 1.82) is 0 Å². The number of aldehydes is 1. The molecule has 2 unspecified atom stereocenters. The number of ether oxygens (including phenoxy) is 1. The summed E-state index contributed by atoms with van der Waals surface area (Å²) >= 11 is 7.00. The van der Waals surface area contributed by atoms with Gasteiger partial charge in [0.2, 0.25) is 11.5 Å². The highest BCUT2D eigenvalue weighted by Gasteiger charge is 2.76. The molecule has 6 nitrogen and oxygen atoms in total. The molecule has 3 aliphatic heterocycles. The van der Waals surface area contributed by atoms with E-state index in [2.05, 4.69) is 31.9 Å². The average Bonchev–Trinajstić information content (AvgIpc) is 3.24. The number of hydrogen-bond acceptors (Lipinski definition) is 4. The first-order chi connectivity index (χ1) is 13.8. The van der Waals surface area contributed by atoms with Gasteiger partial charge in [0.25, 0.3) is 5.91 Å². The van der Waals surface area contributed by atoms with E-state index in [0.29, 0.717) is 33.3 Å². The van der Waals surface area contributed by atoms with Gasteiger partial charge in [-0.15, -0.1) is 0 Å². The van der Waals surface area contributed by atoms with E-state index in [9.17, 15) is 14.4 Å². The molecule has 5 rings (SSSR count). The van der Waals surface area contributed by atoms with Crippen molar-refractivity contribution in [2.75, 3.05) is 23.9 Å². The lowest BCUT2D eigenvalue weighted by Gasteiger charge is -2.37. The molecule has 2 aromatic carbocycles. The molecule has 29 heavy (non-hydrogen) atoms. The molecule has 0 aliphatic carbocycles. The minimum Gasteiger partial charge on any atom is -0.478 e. The van der Waals surface area contributed by atoms with Crippen LogP contribution in [0, 0.1) is 0 Å². The number of anilines is 2. The second kappa shape index (κ2) is 5.79. The van der Waals surface area contributed by atoms with E-state index in [1.807, 2.05) is 12.1 Å². The Morgan fingerprint density at radius 1 is 1.00 bits per heavy atom. The summed E-state index contributed by atoms with van der Waals surface area (Å²) in [5, 5.41) is 0. The number of likely N-dealkylation sites (N-methyl/N-ethyl adjacent to an activating group) is 2. The molecule has 2 amide bonds. The molecule has 2 spiro atoms. The quantitative estimate of drug-likeness (QED) is 0.544. The third-order valence-corrected chi connectivity index (χ3v) is 7.16. The lowest BCUT2D eigenvalue weighted by atomic mass is 9.62. The zero-order valence-electron chi connectivity index (χ0n) is 15.4. The highest BCUT2D eigenvalue weighted by atomic mass is 79.9. The summed E-state index contributed by atoms with van der Waals surface area (Å²) in [4.78, 5) is 42.7. The molecular weight excluding hydrogens is 504 g/mol. The van der Waals surface area contributed by atoms with Crippen molar-refractivity contribution in [2.24, 2.45) is 0 Å². The summed E-state index contributed by atoms with van der Waals surface area (Å²) in [6, 6.07) is 10.8. The lowest BCUT2D eigenvalue weighted by Crippen LogP contribution is -2.58. The zero-order chi connectivity index (χ0) is 20.7. The van der Waals surface area contributed by atoms with E-state index >= 15 is 0 Å². The van der Waals surface area contributed by atoms with Crippen LogP contribution in [0.1, 0.15) is 11.1 Å². The fraction of sp³-hybridized carbons (Fsp3) is 0.190. The molecule has 0 bridgehead atoms. The first-order valence-electron chi connectivity index (χ1n) is 8.81. The van der Waals surface area contributed by atoms with Gasteiger partial charge in [-0.1, -0.05) is 34.1 Å². The minimum absolute atomic E-state index is 0.130. The maximum Gasteiger partial charge on any atom is 0.277 e. The second-order valence-electron chi connectivity index (χ2n) is 7.27. The molecule has 3 aliphatic rings. The van der Waals surface area contributed by atoms with Crippen molar-refractivity contribution in [3.8, 4) is 0 Å². The summed E-state index contributed by atoms with van der Waals surface area (Å²) in [7, 11) is 3.28. The Morgan fingerprint density at radius 3 is 2.45 bits per heavy atom. The van der Waals surface area contributed by atoms with Crippen LogP contribution in [0.5, 0.6) is 0 Å². The van der Waals surface area contributed by atoms with Gasteiger partial charge in [-0.25, -0.2) is 0 Å². The zero-order valence-corrected chi connectivity index (χ0v) is 18.6. The number of amides is 2. The van der Waals surface area contributed by atoms with Gasteiger partial charge in [0.1, 0.15) is 0 Å². The average molecular weight is 518 g/mol. The van der Waals surface area contributed by atoms with Crippen molar-refractivity contribution >= 4 is 61.3 Å². The summed E-state index contributed by atoms with van der Waals surface area (Å²) in [6.07, 6.45) is 1.87. The number of para-hydroxylation sites is 1. The Hall–Kier alpha value is -2.45. The van der Waals surface area contributed by atoms with Crippen LogP contribution in [0.25, 0.3) is 0 Å². The van der Waals surface area contributed by atoms with E-state index in [0.717, 1.165) is 4.47 Å². The Balaban J connectivity index is 1.95. The normalized spacial score (nSPS) is 26.8. The molecule has 146 valence electrons. The van der Waals surface area contributed by atoms with Gasteiger partial charge in [-0.05, 0) is 34.1 Å². The van der Waals surface area contributed by atoms with Crippen LogP contribution in [-0.4, -0.2) is 32.2 Å². The van der Waals surface area contributed by atoms with Gasteiger partial charge in [0, 0.05) is 39.9 Å². The lowest BCUT2D eigenvalue weighted by molar-refractivity contribution is -0.147. The molecular formula is C21H14Br2N2O4. The molecule has 3 heterocycles. The second-order valence-corrected chi connectivity index (χ2v) is 9.04. The molecule has 0 saturated carbocycles. The number of halogens is 2. The molecule has 0 saturated heterocycles. The van der Waals surface area contributed by atoms with Crippen molar-refractivity contribution in [3.63, 3.8) is 0 Å². The fourth-order valence-corrected chi connectivity index (χ4v) is 6.42. The Labute approximate surface area is 183 Å². The molecule has 0 fully saturated rings. The number of fused-ring (bicyclic) bond motifs is 5. The van der Waals surface area contributed by atoms with Gasteiger partial charge in [0.15, 0.2) is 11.7 Å². The van der Waals surface area contributed by atoms with E-state index < -0.39 is 16.9 Å². The molecule has 0 aromatic heterocycles. The Kier molecular flexibility index (Phi) is 3.71. The predicted molar refractivity (Wildman–Crippen MR) is 114 cm³/mol. The third-order valence-electron chi connectivity index (χ3n) is 6.09. The van der Waals surface area contributed by atoms with E-state index in [4.69, 9.17) is 4.74 Å². The number of benzene rings is 2. The van der Waals surface area contributed by atoms with Crippen LogP contribution >= 0.6 is 31.9 Å². The SMILES string of the molecule is CN1C(=O)C2(C(C=O)=COC23C(=O)N(C)c2c(Br)cc(Br)cc23)c2ccccc21. The van der Waals surface area contributed by atoms with Gasteiger partial charge < -0.3 is 14.5 Å². The fourth-order valence-electron chi connectivity index (χ4n) is 4.93. The maximum absolute atomic E-state index is 13.8. The van der Waals surface area contributed by atoms with Gasteiger partial charge in [0.05, 0.1) is 17.5 Å². The molecule has 2 atom stereocenters. The summed E-state index contributed by atoms with van der Waals surface area (Å²) in [5.74, 6) is -0.780. The van der Waals surface area contributed by atoms with E-state index in [1.54, 1.807) is 38.4 Å². The molecule has 0 radical (unpaired) electrons. The van der Waals surface area contributed by atoms with Crippen molar-refractivity contribution in [1.82, 2.24) is 0 Å². The van der Waals surface area contributed by atoms with Crippen LogP contribution in [0.15, 0.2) is 57.2 Å². The molecule has 2 aromatic rings. The topological polar surface area (TPSA) is 66.9 Å². The third kappa shape index (κ3) is 1.85. The number of rotatable bonds is 1. The van der Waals surface area contributed by atoms with E-state index in [1.165, 1.54) is 16.1 Å². The number of carbonyl (C=O) groups excluding carboxylic acids is 3. The van der Waals surface area contributed by atoms with Crippen LogP contribution in [0.2, 0.25) is 0 Å². The maximum atomic E-state index is 13.8. The van der Waals surface area contributed by atoms with Crippen molar-refractivity contribution < 1.29 is 19.1 Å². The standard InChI is InChI=1S/C21H14Br2N2O4/c1-24-16-6-4-3-5-13(16)20(18(24)27)11(9-26)10-29-21(20)14-7-12(22)8-15(23)17(14)25(2)19(21)28/h3-10H,1-2H3. The minimum atomic E-state index is -1.71. The summed E-state index contributed by atoms with van der Waals surface area (Å²) < 4.78 is 7.46. The Bertz CT molecular complexity index is 1180. The van der Waals surface area contributed by atoms with Crippen molar-refractivity contribution in [2.45, 2.75) is 11.0 Å². The van der Waals surface area contributed by atoms with Gasteiger partial charge >= 0.3 is 0 Å². The first kappa shape index (κ1) is 18.6. The van der Waals surface area contributed by atoms with Gasteiger partial charge in [-0.3, -0.25) is 14.4 Å². The number of hydrogen-bond donors (Lipinski definition) is 0. The summed E-state index contributed by atoms with van der Waals surface area (Å²) in [5.41, 5.74) is -0.822. The number of nitrogens with zero attached hydrogens (tertiary/aromatic N) is 2. The first-order valence-corrected chi connectivity index (χ1v) is 10.4. The van der Waals surface area contributed by atoms with Crippen LogP contribution < -0.4 is 9.80 Å². The Morgan fingerprint density at radius 2 is 1.72 bits per heavy atom. The van der Waals surface area contributed by atoms with Crippen LogP contribution in [-0.2, 0) is 30.1 Å². The van der Waals surface area contributed by atoms with Gasteiger partial charge in [-0.2, -0.15) is 0 Å². The highest BCUT2D eigenvalue weighted by molar-refractivity contribution is 9.11. The van der Waals surface area contributed by atoms with Crippen molar-refractivity contribution in [3.05, 3.63) is 68.3 Å². The monoisotopic (exact) mass is 516 g/mol. The highest BCUT2D eigenvalue weighted by Crippen LogP contribution is 2.64.